The van der Waals surface area contributed by atoms with Crippen LogP contribution < -0.4 is 10.6 Å². The largest absolute Gasteiger partial charge is 0.480 e. The number of aromatic nitrogens is 1. The molecule has 7 heteroatoms. The van der Waals surface area contributed by atoms with E-state index in [1.54, 1.807) is 12.3 Å². The van der Waals surface area contributed by atoms with Gasteiger partial charge in [-0.05, 0) is 74.6 Å². The molecule has 3 aromatic rings. The first-order chi connectivity index (χ1) is 16.2. The van der Waals surface area contributed by atoms with Crippen LogP contribution in [0.1, 0.15) is 61.5 Å². The number of nitrogens with one attached hydrogen (secondary N) is 2. The highest BCUT2D eigenvalue weighted by atomic mass is 16.4. The van der Waals surface area contributed by atoms with Crippen molar-refractivity contribution in [1.29, 1.82) is 0 Å². The van der Waals surface area contributed by atoms with Gasteiger partial charge in [0.05, 0.1) is 0 Å². The summed E-state index contributed by atoms with van der Waals surface area (Å²) < 4.78 is 0. The highest BCUT2D eigenvalue weighted by Crippen LogP contribution is 2.36. The highest BCUT2D eigenvalue weighted by Gasteiger charge is 2.33. The molecule has 0 unspecified atom stereocenters. The zero-order valence-corrected chi connectivity index (χ0v) is 19.4. The number of pyridine rings is 1. The SMILES string of the molecule is CC(C)(NC(=O)C1CCC(c2ccc(NC(=O)c3cc4ccccc4cn3)cc2)CC1)C(=O)O. The number of rotatable bonds is 6. The topological polar surface area (TPSA) is 108 Å². The Morgan fingerprint density at radius 1 is 0.941 bits per heavy atom. The summed E-state index contributed by atoms with van der Waals surface area (Å²) in [7, 11) is 0. The van der Waals surface area contributed by atoms with E-state index in [2.05, 4.69) is 15.6 Å². The first kappa shape index (κ1) is 23.4. The Bertz CT molecular complexity index is 1210. The van der Waals surface area contributed by atoms with Crippen LogP contribution in [0.3, 0.4) is 0 Å². The zero-order valence-electron chi connectivity index (χ0n) is 19.4. The number of benzene rings is 2. The Morgan fingerprint density at radius 3 is 2.24 bits per heavy atom. The Labute approximate surface area is 198 Å². The van der Waals surface area contributed by atoms with Crippen LogP contribution >= 0.6 is 0 Å². The number of aliphatic carboxylic acids is 1. The molecule has 0 radical (unpaired) electrons. The van der Waals surface area contributed by atoms with Gasteiger partial charge >= 0.3 is 5.97 Å². The number of fused-ring (bicyclic) bond motifs is 1. The van der Waals surface area contributed by atoms with Crippen LogP contribution in [-0.2, 0) is 9.59 Å². The van der Waals surface area contributed by atoms with Gasteiger partial charge < -0.3 is 15.7 Å². The lowest BCUT2D eigenvalue weighted by atomic mass is 9.78. The van der Waals surface area contributed by atoms with Gasteiger partial charge in [-0.1, -0.05) is 36.4 Å². The van der Waals surface area contributed by atoms with Crippen LogP contribution in [0.5, 0.6) is 0 Å². The van der Waals surface area contributed by atoms with Gasteiger partial charge in [0.25, 0.3) is 5.91 Å². The third kappa shape index (κ3) is 5.25. The average molecular weight is 460 g/mol. The molecule has 1 aromatic heterocycles. The van der Waals surface area contributed by atoms with Crippen molar-refractivity contribution in [3.05, 3.63) is 72.1 Å². The number of nitrogens with zero attached hydrogens (tertiary/aromatic N) is 1. The second-order valence-corrected chi connectivity index (χ2v) is 9.46. The number of carbonyl (C=O) groups excluding carboxylic acids is 2. The third-order valence-electron chi connectivity index (χ3n) is 6.57. The summed E-state index contributed by atoms with van der Waals surface area (Å²) in [5.74, 6) is -1.31. The predicted molar refractivity (Wildman–Crippen MR) is 131 cm³/mol. The van der Waals surface area contributed by atoms with E-state index in [9.17, 15) is 19.5 Å². The third-order valence-corrected chi connectivity index (χ3v) is 6.57. The van der Waals surface area contributed by atoms with Crippen molar-refractivity contribution in [3.63, 3.8) is 0 Å². The molecule has 1 aliphatic carbocycles. The lowest BCUT2D eigenvalue weighted by molar-refractivity contribution is -0.146. The summed E-state index contributed by atoms with van der Waals surface area (Å²) in [4.78, 5) is 40.6. The molecule has 0 spiro atoms. The average Bonchev–Trinajstić information content (AvgIpc) is 2.84. The number of amides is 2. The maximum atomic E-state index is 12.6. The monoisotopic (exact) mass is 459 g/mol. The molecule has 1 heterocycles. The number of carboxylic acids is 1. The molecule has 2 amide bonds. The molecule has 1 aliphatic rings. The first-order valence-electron chi connectivity index (χ1n) is 11.5. The van der Waals surface area contributed by atoms with Crippen LogP contribution in [0.25, 0.3) is 10.8 Å². The molecule has 7 nitrogen and oxygen atoms in total. The van der Waals surface area contributed by atoms with Crippen LogP contribution in [0, 0.1) is 5.92 Å². The second-order valence-electron chi connectivity index (χ2n) is 9.46. The summed E-state index contributed by atoms with van der Waals surface area (Å²) in [6.45, 7) is 2.99. The van der Waals surface area contributed by atoms with Crippen molar-refractivity contribution in [2.75, 3.05) is 5.32 Å². The van der Waals surface area contributed by atoms with Crippen molar-refractivity contribution in [1.82, 2.24) is 10.3 Å². The minimum atomic E-state index is -1.27. The molecule has 4 rings (SSSR count). The molecule has 0 bridgehead atoms. The van der Waals surface area contributed by atoms with E-state index in [1.807, 2.05) is 48.5 Å². The Hall–Kier alpha value is -3.74. The maximum absolute atomic E-state index is 12.6. The Kier molecular flexibility index (Phi) is 6.63. The molecule has 176 valence electrons. The summed E-state index contributed by atoms with van der Waals surface area (Å²) in [6.07, 6.45) is 4.86. The fourth-order valence-electron chi connectivity index (χ4n) is 4.39. The summed E-state index contributed by atoms with van der Waals surface area (Å²) in [6, 6.07) is 17.4. The molecular weight excluding hydrogens is 430 g/mol. The molecular formula is C27H29N3O4. The molecule has 0 saturated heterocycles. The van der Waals surface area contributed by atoms with Gasteiger partial charge in [0, 0.05) is 23.2 Å². The summed E-state index contributed by atoms with van der Waals surface area (Å²) in [5.41, 5.74) is 0.973. The smallest absolute Gasteiger partial charge is 0.328 e. The van der Waals surface area contributed by atoms with Gasteiger partial charge in [-0.15, -0.1) is 0 Å². The van der Waals surface area contributed by atoms with Crippen LogP contribution in [-0.4, -0.2) is 33.4 Å². The quantitative estimate of drug-likeness (QED) is 0.493. The molecule has 1 fully saturated rings. The number of hydrogen-bond acceptors (Lipinski definition) is 4. The van der Waals surface area contributed by atoms with Gasteiger partial charge in [0.15, 0.2) is 0 Å². The fourth-order valence-corrected chi connectivity index (χ4v) is 4.39. The van der Waals surface area contributed by atoms with E-state index in [4.69, 9.17) is 0 Å². The zero-order chi connectivity index (χ0) is 24.3. The Morgan fingerprint density at radius 2 is 1.59 bits per heavy atom. The molecule has 3 N–H and O–H groups in total. The fraction of sp³-hybridized carbons (Fsp3) is 0.333. The molecule has 0 aliphatic heterocycles. The lowest BCUT2D eigenvalue weighted by Gasteiger charge is -2.30. The van der Waals surface area contributed by atoms with Crippen molar-refractivity contribution >= 4 is 34.2 Å². The number of carbonyl (C=O) groups is 3. The van der Waals surface area contributed by atoms with E-state index in [-0.39, 0.29) is 17.7 Å². The van der Waals surface area contributed by atoms with Crippen molar-refractivity contribution in [2.45, 2.75) is 51.0 Å². The standard InChI is InChI=1S/C27H29N3O4/c1-27(2,26(33)34)30-24(31)19-9-7-17(8-10-19)18-11-13-22(14-12-18)29-25(32)23-15-20-5-3-4-6-21(20)16-28-23/h3-6,11-17,19H,7-10H2,1-2H3,(H,29,32)(H,30,31)(H,33,34). The van der Waals surface area contributed by atoms with Crippen molar-refractivity contribution in [3.8, 4) is 0 Å². The molecule has 2 aromatic carbocycles. The summed E-state index contributed by atoms with van der Waals surface area (Å²) in [5, 5.41) is 16.7. The number of carboxylic acid groups (broad SMARTS) is 1. The van der Waals surface area contributed by atoms with Crippen LogP contribution in [0.2, 0.25) is 0 Å². The van der Waals surface area contributed by atoms with E-state index in [0.717, 1.165) is 36.5 Å². The second kappa shape index (κ2) is 9.63. The highest BCUT2D eigenvalue weighted by molar-refractivity contribution is 6.04. The van der Waals surface area contributed by atoms with Gasteiger partial charge in [-0.3, -0.25) is 14.6 Å². The Balaban J connectivity index is 1.32. The van der Waals surface area contributed by atoms with Gasteiger partial charge in [0.1, 0.15) is 11.2 Å². The summed E-state index contributed by atoms with van der Waals surface area (Å²) >= 11 is 0. The van der Waals surface area contributed by atoms with Gasteiger partial charge in [-0.2, -0.15) is 0 Å². The minimum absolute atomic E-state index is 0.164. The van der Waals surface area contributed by atoms with Gasteiger partial charge in [0.2, 0.25) is 5.91 Å². The van der Waals surface area contributed by atoms with Crippen LogP contribution in [0.4, 0.5) is 5.69 Å². The van der Waals surface area contributed by atoms with Gasteiger partial charge in [-0.25, -0.2) is 4.79 Å². The van der Waals surface area contributed by atoms with Crippen molar-refractivity contribution in [2.24, 2.45) is 5.92 Å². The maximum Gasteiger partial charge on any atom is 0.328 e. The molecule has 1 saturated carbocycles. The predicted octanol–water partition coefficient (Wildman–Crippen LogP) is 4.74. The van der Waals surface area contributed by atoms with Crippen molar-refractivity contribution < 1.29 is 19.5 Å². The number of hydrogen-bond donors (Lipinski definition) is 3. The molecule has 34 heavy (non-hydrogen) atoms. The van der Waals surface area contributed by atoms with E-state index in [1.165, 1.54) is 19.4 Å². The normalized spacial score (nSPS) is 18.3. The van der Waals surface area contributed by atoms with Crippen LogP contribution in [0.15, 0.2) is 60.8 Å². The van der Waals surface area contributed by atoms with E-state index >= 15 is 0 Å². The molecule has 0 atom stereocenters. The van der Waals surface area contributed by atoms with E-state index in [0.29, 0.717) is 17.3 Å². The van der Waals surface area contributed by atoms with E-state index < -0.39 is 11.5 Å². The number of anilines is 1. The first-order valence-corrected chi connectivity index (χ1v) is 11.5. The minimum Gasteiger partial charge on any atom is -0.480 e. The lowest BCUT2D eigenvalue weighted by Crippen LogP contribution is -2.51.